The molecular formula is C15H26IN3O3. The van der Waals surface area contributed by atoms with Crippen molar-refractivity contribution in [2.75, 3.05) is 27.2 Å². The second-order valence-corrected chi connectivity index (χ2v) is 7.97. The Balaban J connectivity index is 1.92. The maximum atomic E-state index is 12.2. The van der Waals surface area contributed by atoms with E-state index in [1.165, 1.54) is 3.58 Å². The second-order valence-electron chi connectivity index (χ2n) is 6.81. The Morgan fingerprint density at radius 1 is 1.41 bits per heavy atom. The van der Waals surface area contributed by atoms with E-state index in [1.54, 1.807) is 12.0 Å². The molecule has 1 unspecified atom stereocenters. The van der Waals surface area contributed by atoms with Crippen molar-refractivity contribution < 1.29 is 14.3 Å². The van der Waals surface area contributed by atoms with E-state index in [2.05, 4.69) is 32.8 Å². The third-order valence-electron chi connectivity index (χ3n) is 3.78. The van der Waals surface area contributed by atoms with Crippen LogP contribution in [-0.2, 0) is 9.47 Å². The predicted octanol–water partition coefficient (Wildman–Crippen LogP) is 2.50. The van der Waals surface area contributed by atoms with Crippen LogP contribution in [0.2, 0.25) is 0 Å². The molecule has 126 valence electrons. The van der Waals surface area contributed by atoms with Crippen LogP contribution in [0.1, 0.15) is 33.6 Å². The van der Waals surface area contributed by atoms with Crippen molar-refractivity contribution in [3.63, 3.8) is 0 Å². The molecule has 2 heterocycles. The van der Waals surface area contributed by atoms with Crippen molar-refractivity contribution >= 4 is 28.7 Å². The van der Waals surface area contributed by atoms with E-state index in [0.717, 1.165) is 25.2 Å². The number of likely N-dealkylation sites (N-methyl/N-ethyl adjacent to an activating group) is 1. The van der Waals surface area contributed by atoms with Gasteiger partial charge in [-0.15, -0.1) is 0 Å². The number of carbonyl (C=O) groups is 1. The Morgan fingerprint density at radius 3 is 2.64 bits per heavy atom. The molecule has 7 heteroatoms. The zero-order valence-corrected chi connectivity index (χ0v) is 16.1. The number of hydrogen-bond donors (Lipinski definition) is 1. The average molecular weight is 423 g/mol. The number of likely N-dealkylation sites (tertiary alicyclic amines) is 1. The first-order chi connectivity index (χ1) is 10.2. The topological polar surface area (TPSA) is 54.0 Å². The minimum absolute atomic E-state index is 0.0497. The van der Waals surface area contributed by atoms with Crippen molar-refractivity contribution in [2.45, 2.75) is 51.5 Å². The van der Waals surface area contributed by atoms with Gasteiger partial charge in [-0.1, -0.05) is 0 Å². The zero-order valence-electron chi connectivity index (χ0n) is 14.0. The van der Waals surface area contributed by atoms with Gasteiger partial charge in [0.2, 0.25) is 0 Å². The minimum Gasteiger partial charge on any atom is -0.444 e. The van der Waals surface area contributed by atoms with Crippen LogP contribution in [0, 0.1) is 0 Å². The lowest BCUT2D eigenvalue weighted by molar-refractivity contribution is -0.00244. The van der Waals surface area contributed by atoms with Crippen molar-refractivity contribution in [1.29, 1.82) is 0 Å². The smallest absolute Gasteiger partial charge is 0.410 e. The molecule has 2 aliphatic heterocycles. The fourth-order valence-electron chi connectivity index (χ4n) is 2.72. The number of hydrogen-bond acceptors (Lipinski definition) is 5. The van der Waals surface area contributed by atoms with Crippen molar-refractivity contribution in [1.82, 2.24) is 15.1 Å². The first-order valence-electron chi connectivity index (χ1n) is 7.62. The van der Waals surface area contributed by atoms with Gasteiger partial charge < -0.3 is 24.6 Å². The second kappa shape index (κ2) is 6.82. The number of ether oxygens (including phenoxy) is 2. The molecule has 22 heavy (non-hydrogen) atoms. The van der Waals surface area contributed by atoms with Gasteiger partial charge in [0.1, 0.15) is 11.4 Å². The average Bonchev–Trinajstić information content (AvgIpc) is 2.44. The summed E-state index contributed by atoms with van der Waals surface area (Å²) in [6.45, 7) is 7.12. The number of carbonyl (C=O) groups excluding carboxylic acids is 1. The van der Waals surface area contributed by atoms with Gasteiger partial charge in [-0.3, -0.25) is 0 Å². The molecule has 0 aromatic rings. The van der Waals surface area contributed by atoms with E-state index in [1.807, 2.05) is 27.8 Å². The highest BCUT2D eigenvalue weighted by molar-refractivity contribution is 14.1. The first kappa shape index (κ1) is 17.7. The van der Waals surface area contributed by atoms with Crippen molar-refractivity contribution in [2.24, 2.45) is 0 Å². The van der Waals surface area contributed by atoms with Gasteiger partial charge >= 0.3 is 6.09 Å². The Labute approximate surface area is 146 Å². The number of piperidine rings is 1. The summed E-state index contributed by atoms with van der Waals surface area (Å²) in [6.07, 6.45) is 1.86. The molecule has 1 N–H and O–H groups in total. The lowest BCUT2D eigenvalue weighted by Crippen LogP contribution is -2.55. The molecule has 6 nitrogen and oxygen atoms in total. The van der Waals surface area contributed by atoms with Crippen molar-refractivity contribution in [3.8, 4) is 0 Å². The van der Waals surface area contributed by atoms with E-state index in [9.17, 15) is 4.79 Å². The van der Waals surface area contributed by atoms with Crippen LogP contribution in [0.25, 0.3) is 0 Å². The number of amides is 1. The summed E-state index contributed by atoms with van der Waals surface area (Å²) in [5.41, 5.74) is -0.449. The van der Waals surface area contributed by atoms with Crippen LogP contribution in [0.5, 0.6) is 0 Å². The lowest BCUT2D eigenvalue weighted by Gasteiger charge is -2.44. The SMILES string of the molecule is COC1C(I)=C(N[C@@H]2CCCN(C(=O)OC(C)(C)C)C2)N1C. The first-order valence-corrected chi connectivity index (χ1v) is 8.70. The molecule has 0 spiro atoms. The number of nitrogens with one attached hydrogen (secondary N) is 1. The summed E-state index contributed by atoms with van der Waals surface area (Å²) >= 11 is 2.31. The molecule has 1 saturated heterocycles. The van der Waals surface area contributed by atoms with E-state index in [-0.39, 0.29) is 18.4 Å². The Kier molecular flexibility index (Phi) is 5.47. The maximum absolute atomic E-state index is 12.2. The summed E-state index contributed by atoms with van der Waals surface area (Å²) in [6, 6.07) is 0.251. The largest absolute Gasteiger partial charge is 0.444 e. The number of rotatable bonds is 3. The highest BCUT2D eigenvalue weighted by atomic mass is 127. The van der Waals surface area contributed by atoms with Crippen LogP contribution < -0.4 is 5.32 Å². The fraction of sp³-hybridized carbons (Fsp3) is 0.800. The summed E-state index contributed by atoms with van der Waals surface area (Å²) in [5.74, 6) is 1.10. The Hall–Kier alpha value is -0.700. The molecular weight excluding hydrogens is 397 g/mol. The molecule has 1 fully saturated rings. The van der Waals surface area contributed by atoms with Crippen LogP contribution in [0.4, 0.5) is 4.79 Å². The molecule has 0 aliphatic carbocycles. The molecule has 0 aromatic heterocycles. The number of halogens is 1. The lowest BCUT2D eigenvalue weighted by atomic mass is 10.1. The third-order valence-corrected chi connectivity index (χ3v) is 4.83. The normalized spacial score (nSPS) is 25.9. The van der Waals surface area contributed by atoms with Gasteiger partial charge in [-0.25, -0.2) is 4.79 Å². The molecule has 2 atom stereocenters. The Bertz CT molecular complexity index is 461. The van der Waals surface area contributed by atoms with Crippen LogP contribution >= 0.6 is 22.6 Å². The van der Waals surface area contributed by atoms with Gasteiger partial charge in [0.25, 0.3) is 0 Å². The van der Waals surface area contributed by atoms with Crippen LogP contribution in [-0.4, -0.2) is 61.0 Å². The van der Waals surface area contributed by atoms with Crippen LogP contribution in [0.3, 0.4) is 0 Å². The highest BCUT2D eigenvalue weighted by Crippen LogP contribution is 2.33. The van der Waals surface area contributed by atoms with E-state index >= 15 is 0 Å². The summed E-state index contributed by atoms with van der Waals surface area (Å²) in [4.78, 5) is 16.1. The van der Waals surface area contributed by atoms with Crippen LogP contribution in [0.15, 0.2) is 9.40 Å². The van der Waals surface area contributed by atoms with Gasteiger partial charge in [0, 0.05) is 33.3 Å². The third kappa shape index (κ3) is 3.98. The molecule has 0 saturated carbocycles. The summed E-state index contributed by atoms with van der Waals surface area (Å²) in [5, 5.41) is 3.54. The zero-order chi connectivity index (χ0) is 16.5. The van der Waals surface area contributed by atoms with E-state index < -0.39 is 5.60 Å². The Morgan fingerprint density at radius 2 is 2.09 bits per heavy atom. The predicted molar refractivity (Wildman–Crippen MR) is 93.6 cm³/mol. The summed E-state index contributed by atoms with van der Waals surface area (Å²) < 4.78 is 12.0. The maximum Gasteiger partial charge on any atom is 0.410 e. The fourth-order valence-corrected chi connectivity index (χ4v) is 3.93. The van der Waals surface area contributed by atoms with Gasteiger partial charge in [-0.2, -0.15) is 0 Å². The van der Waals surface area contributed by atoms with E-state index in [4.69, 9.17) is 9.47 Å². The monoisotopic (exact) mass is 423 g/mol. The summed E-state index contributed by atoms with van der Waals surface area (Å²) in [7, 11) is 3.72. The molecule has 2 aliphatic rings. The number of nitrogens with zero attached hydrogens (tertiary/aromatic N) is 2. The molecule has 0 bridgehead atoms. The minimum atomic E-state index is -0.449. The molecule has 1 amide bonds. The van der Waals surface area contributed by atoms with Crippen molar-refractivity contribution in [3.05, 3.63) is 9.40 Å². The number of methoxy groups -OCH3 is 1. The molecule has 2 rings (SSSR count). The van der Waals surface area contributed by atoms with E-state index in [0.29, 0.717) is 6.54 Å². The molecule has 0 aromatic carbocycles. The molecule has 0 radical (unpaired) electrons. The van der Waals surface area contributed by atoms with Gasteiger partial charge in [0.05, 0.1) is 3.58 Å². The highest BCUT2D eigenvalue weighted by Gasteiger charge is 2.36. The van der Waals surface area contributed by atoms with Gasteiger partial charge in [0.15, 0.2) is 6.23 Å². The quantitative estimate of drug-likeness (QED) is 0.708. The van der Waals surface area contributed by atoms with Gasteiger partial charge in [-0.05, 0) is 56.2 Å². The standard InChI is InChI=1S/C15H26IN3O3/c1-15(2,3)22-14(20)19-8-6-7-10(9-19)17-12-11(16)13(21-5)18(12)4/h10,13,17H,6-9H2,1-5H3/t10-,13?/m1/s1.